The Morgan fingerprint density at radius 2 is 2.10 bits per heavy atom. The number of hydrogen-bond acceptors (Lipinski definition) is 5. The van der Waals surface area contributed by atoms with Crippen molar-refractivity contribution in [3.05, 3.63) is 42.0 Å². The average molecular weight is 347 g/mol. The summed E-state index contributed by atoms with van der Waals surface area (Å²) in [4.78, 5) is 0. The lowest BCUT2D eigenvalue weighted by Gasteiger charge is -2.04. The first-order chi connectivity index (χ1) is 9.65. The molecule has 2 nitrogen and oxygen atoms in total. The maximum atomic E-state index is 11.1. The van der Waals surface area contributed by atoms with Gasteiger partial charge in [0.2, 0.25) is 0 Å². The maximum Gasteiger partial charge on any atom is 0.155 e. The van der Waals surface area contributed by atoms with Crippen LogP contribution in [0.25, 0.3) is 6.08 Å². The molecular formula is C14H18O2S4. The van der Waals surface area contributed by atoms with Gasteiger partial charge in [-0.2, -0.15) is 0 Å². The molecule has 0 aliphatic rings. The molecule has 6 heteroatoms. The molecule has 0 aromatic heterocycles. The predicted octanol–water partition coefficient (Wildman–Crippen LogP) is 4.28. The van der Waals surface area contributed by atoms with Crippen molar-refractivity contribution < 1.29 is 8.39 Å². The summed E-state index contributed by atoms with van der Waals surface area (Å²) in [6, 6.07) is 8.30. The van der Waals surface area contributed by atoms with Crippen molar-refractivity contribution in [2.75, 3.05) is 18.6 Å². The number of benzene rings is 1. The van der Waals surface area contributed by atoms with E-state index in [4.69, 9.17) is 16.4 Å². The molecule has 1 rings (SSSR count). The van der Waals surface area contributed by atoms with Crippen molar-refractivity contribution >= 4 is 56.4 Å². The smallest absolute Gasteiger partial charge is 0.155 e. The molecule has 0 aliphatic heterocycles. The number of rotatable bonds is 8. The standard InChI is InChI=1S/C14H18O2S4/c1-3-12-5-7-13(8-6-12)11-19-14(17)18-9-4-10-20(15)16-2/h3,5-8H,1,4,9-11H2,2H3. The molecule has 0 heterocycles. The Morgan fingerprint density at radius 3 is 2.70 bits per heavy atom. The molecule has 110 valence electrons. The van der Waals surface area contributed by atoms with Crippen LogP contribution in [0.4, 0.5) is 0 Å². The average Bonchev–Trinajstić information content (AvgIpc) is 2.49. The largest absolute Gasteiger partial charge is 0.294 e. The number of thioether (sulfide) groups is 2. The molecule has 1 atom stereocenters. The Balaban J connectivity index is 2.19. The first-order valence-electron chi connectivity index (χ1n) is 6.09. The topological polar surface area (TPSA) is 26.3 Å². The molecule has 20 heavy (non-hydrogen) atoms. The van der Waals surface area contributed by atoms with Crippen LogP contribution in [0.3, 0.4) is 0 Å². The first kappa shape index (κ1) is 17.9. The summed E-state index contributed by atoms with van der Waals surface area (Å²) in [7, 11) is 1.46. The normalized spacial score (nSPS) is 12.1. The molecule has 0 saturated heterocycles. The Labute approximate surface area is 137 Å². The van der Waals surface area contributed by atoms with E-state index in [2.05, 4.69) is 30.8 Å². The quantitative estimate of drug-likeness (QED) is 0.517. The van der Waals surface area contributed by atoms with Gasteiger partial charge in [-0.1, -0.05) is 49.1 Å². The van der Waals surface area contributed by atoms with Gasteiger partial charge in [-0.05, 0) is 17.5 Å². The fourth-order valence-corrected chi connectivity index (χ4v) is 4.20. The minimum absolute atomic E-state index is 0.569. The molecule has 0 amide bonds. The highest BCUT2D eigenvalue weighted by Gasteiger charge is 2.02. The van der Waals surface area contributed by atoms with Gasteiger partial charge in [-0.3, -0.25) is 4.18 Å². The van der Waals surface area contributed by atoms with Crippen LogP contribution in [-0.2, 0) is 21.0 Å². The molecule has 0 saturated carbocycles. The molecule has 0 fully saturated rings. The molecule has 1 aromatic carbocycles. The van der Waals surface area contributed by atoms with Crippen LogP contribution in [0.15, 0.2) is 30.8 Å². The lowest BCUT2D eigenvalue weighted by Crippen LogP contribution is -2.00. The van der Waals surface area contributed by atoms with Crippen LogP contribution in [-0.4, -0.2) is 26.4 Å². The molecule has 0 bridgehead atoms. The summed E-state index contributed by atoms with van der Waals surface area (Å²) in [5.41, 5.74) is 2.38. The van der Waals surface area contributed by atoms with Gasteiger partial charge < -0.3 is 0 Å². The zero-order chi connectivity index (χ0) is 14.8. The van der Waals surface area contributed by atoms with E-state index in [1.807, 2.05) is 6.08 Å². The molecule has 0 radical (unpaired) electrons. The van der Waals surface area contributed by atoms with Crippen molar-refractivity contribution in [1.82, 2.24) is 0 Å². The molecular weight excluding hydrogens is 328 g/mol. The van der Waals surface area contributed by atoms with Crippen LogP contribution in [0.2, 0.25) is 0 Å². The van der Waals surface area contributed by atoms with Crippen molar-refractivity contribution in [3.63, 3.8) is 0 Å². The van der Waals surface area contributed by atoms with Crippen LogP contribution >= 0.6 is 35.7 Å². The second-order valence-corrected chi connectivity index (χ2v) is 8.48. The third-order valence-electron chi connectivity index (χ3n) is 2.43. The van der Waals surface area contributed by atoms with E-state index in [-0.39, 0.29) is 0 Å². The highest BCUT2D eigenvalue weighted by molar-refractivity contribution is 8.46. The van der Waals surface area contributed by atoms with Gasteiger partial charge in [-0.25, -0.2) is 4.21 Å². The van der Waals surface area contributed by atoms with E-state index >= 15 is 0 Å². The third kappa shape index (κ3) is 7.59. The summed E-state index contributed by atoms with van der Waals surface area (Å²) in [6.07, 6.45) is 2.68. The predicted molar refractivity (Wildman–Crippen MR) is 97.5 cm³/mol. The minimum Gasteiger partial charge on any atom is -0.294 e. The van der Waals surface area contributed by atoms with Gasteiger partial charge in [-0.15, -0.1) is 23.5 Å². The molecule has 1 aromatic rings. The second-order valence-electron chi connectivity index (χ2n) is 3.86. The summed E-state index contributed by atoms with van der Waals surface area (Å²) in [5.74, 6) is 2.34. The van der Waals surface area contributed by atoms with Gasteiger partial charge in [0.05, 0.1) is 12.9 Å². The lowest BCUT2D eigenvalue weighted by molar-refractivity contribution is 0.445. The Hall–Kier alpha value is -0.140. The maximum absolute atomic E-state index is 11.1. The van der Waals surface area contributed by atoms with E-state index in [0.29, 0.717) is 5.75 Å². The van der Waals surface area contributed by atoms with Crippen LogP contribution in [0.5, 0.6) is 0 Å². The molecule has 1 unspecified atom stereocenters. The van der Waals surface area contributed by atoms with Crippen molar-refractivity contribution in [3.8, 4) is 0 Å². The van der Waals surface area contributed by atoms with Crippen LogP contribution in [0.1, 0.15) is 17.5 Å². The van der Waals surface area contributed by atoms with E-state index in [9.17, 15) is 4.21 Å². The van der Waals surface area contributed by atoms with Gasteiger partial charge in [0.25, 0.3) is 0 Å². The monoisotopic (exact) mass is 346 g/mol. The van der Waals surface area contributed by atoms with E-state index in [1.165, 1.54) is 12.7 Å². The van der Waals surface area contributed by atoms with Gasteiger partial charge in [0.15, 0.2) is 11.1 Å². The van der Waals surface area contributed by atoms with Crippen molar-refractivity contribution in [2.45, 2.75) is 12.2 Å². The van der Waals surface area contributed by atoms with E-state index in [0.717, 1.165) is 27.0 Å². The summed E-state index contributed by atoms with van der Waals surface area (Å²) in [6.45, 7) is 3.74. The Bertz CT molecular complexity index is 457. The van der Waals surface area contributed by atoms with Crippen molar-refractivity contribution in [2.24, 2.45) is 0 Å². The summed E-state index contributed by atoms with van der Waals surface area (Å²) in [5, 5.41) is 0. The Kier molecular flexibility index (Phi) is 9.46. The highest BCUT2D eigenvalue weighted by atomic mass is 32.2. The number of hydrogen-bond donors (Lipinski definition) is 0. The van der Waals surface area contributed by atoms with Crippen molar-refractivity contribution in [1.29, 1.82) is 0 Å². The first-order valence-corrected chi connectivity index (χ1v) is 9.72. The fraction of sp³-hybridized carbons (Fsp3) is 0.357. The molecule has 0 spiro atoms. The van der Waals surface area contributed by atoms with E-state index < -0.39 is 11.1 Å². The summed E-state index contributed by atoms with van der Waals surface area (Å²) >= 11 is 7.48. The van der Waals surface area contributed by atoms with Gasteiger partial charge in [0.1, 0.15) is 3.53 Å². The van der Waals surface area contributed by atoms with Crippen LogP contribution in [0, 0.1) is 0 Å². The minimum atomic E-state index is -1.15. The fourth-order valence-electron chi connectivity index (χ4n) is 1.35. The lowest BCUT2D eigenvalue weighted by atomic mass is 10.1. The zero-order valence-electron chi connectivity index (χ0n) is 11.4. The van der Waals surface area contributed by atoms with Gasteiger partial charge >= 0.3 is 0 Å². The SMILES string of the molecule is C=Cc1ccc(CSC(=S)SCCCS(=O)OC)cc1. The Morgan fingerprint density at radius 1 is 1.40 bits per heavy atom. The zero-order valence-corrected chi connectivity index (χ0v) is 14.6. The van der Waals surface area contributed by atoms with Gasteiger partial charge in [0, 0.05) is 11.5 Å². The summed E-state index contributed by atoms with van der Waals surface area (Å²) < 4.78 is 16.7. The van der Waals surface area contributed by atoms with Crippen LogP contribution < -0.4 is 0 Å². The third-order valence-corrected chi connectivity index (χ3v) is 6.28. The highest BCUT2D eigenvalue weighted by Crippen LogP contribution is 2.22. The van der Waals surface area contributed by atoms with E-state index in [1.54, 1.807) is 23.5 Å². The number of thiocarbonyl (C=S) groups is 1. The molecule has 0 aliphatic carbocycles. The molecule has 0 N–H and O–H groups in total. The second kappa shape index (κ2) is 10.6.